The van der Waals surface area contributed by atoms with Crippen molar-refractivity contribution in [2.45, 2.75) is 45.7 Å². The van der Waals surface area contributed by atoms with Gasteiger partial charge in [-0.15, -0.1) is 0 Å². The number of piperidine rings is 1. The second-order valence-corrected chi connectivity index (χ2v) is 6.16. The van der Waals surface area contributed by atoms with Crippen molar-refractivity contribution < 1.29 is 4.79 Å². The van der Waals surface area contributed by atoms with Gasteiger partial charge in [0.25, 0.3) is 0 Å². The normalized spacial score (nSPS) is 18.7. The second-order valence-electron chi connectivity index (χ2n) is 6.16. The zero-order chi connectivity index (χ0) is 15.4. The van der Waals surface area contributed by atoms with Crippen molar-refractivity contribution in [3.63, 3.8) is 0 Å². The van der Waals surface area contributed by atoms with E-state index in [1.54, 1.807) is 6.20 Å². The number of amides is 1. The molecule has 0 bridgehead atoms. The largest absolute Gasteiger partial charge is 0.337 e. The lowest BCUT2D eigenvalue weighted by Crippen LogP contribution is -2.44. The zero-order valence-corrected chi connectivity index (χ0v) is 13.5. The van der Waals surface area contributed by atoms with Crippen molar-refractivity contribution >= 4 is 5.91 Å². The van der Waals surface area contributed by atoms with Crippen LogP contribution in [0.4, 0.5) is 0 Å². The summed E-state index contributed by atoms with van der Waals surface area (Å²) in [7, 11) is 1.88. The summed E-state index contributed by atoms with van der Waals surface area (Å²) in [6.07, 6.45) is 5.17. The van der Waals surface area contributed by atoms with Crippen LogP contribution < -0.4 is 0 Å². The van der Waals surface area contributed by atoms with Gasteiger partial charge in [0.15, 0.2) is 0 Å². The van der Waals surface area contributed by atoms with Gasteiger partial charge in [0.1, 0.15) is 6.33 Å². The molecule has 0 N–H and O–H groups in total. The molecular weight excluding hydrogens is 264 g/mol. The van der Waals surface area contributed by atoms with E-state index >= 15 is 0 Å². The fourth-order valence-corrected chi connectivity index (χ4v) is 2.89. The van der Waals surface area contributed by atoms with Crippen molar-refractivity contribution in [1.82, 2.24) is 19.8 Å². The molecule has 1 unspecified atom stereocenters. The third-order valence-corrected chi connectivity index (χ3v) is 4.57. The Balaban J connectivity index is 1.94. The molecule has 1 amide bonds. The Morgan fingerprint density at radius 3 is 2.52 bits per heavy atom. The van der Waals surface area contributed by atoms with Crippen LogP contribution in [0, 0.1) is 5.92 Å². The van der Waals surface area contributed by atoms with E-state index in [4.69, 9.17) is 0 Å². The quantitative estimate of drug-likeness (QED) is 0.852. The lowest BCUT2D eigenvalue weighted by Gasteiger charge is -2.36. The van der Waals surface area contributed by atoms with Gasteiger partial charge >= 0.3 is 0 Å². The van der Waals surface area contributed by atoms with Gasteiger partial charge < -0.3 is 9.80 Å². The van der Waals surface area contributed by atoms with Crippen molar-refractivity contribution in [2.75, 3.05) is 20.1 Å². The van der Waals surface area contributed by atoms with E-state index in [1.807, 2.05) is 24.9 Å². The van der Waals surface area contributed by atoms with Crippen LogP contribution in [0.1, 0.15) is 45.3 Å². The molecule has 2 heterocycles. The molecule has 5 nitrogen and oxygen atoms in total. The Hall–Kier alpha value is -1.49. The van der Waals surface area contributed by atoms with E-state index in [2.05, 4.69) is 28.7 Å². The number of nitrogens with zero attached hydrogens (tertiary/aromatic N) is 4. The molecule has 1 atom stereocenters. The first kappa shape index (κ1) is 15.9. The van der Waals surface area contributed by atoms with Crippen LogP contribution in [-0.4, -0.2) is 51.9 Å². The van der Waals surface area contributed by atoms with Crippen molar-refractivity contribution in [3.05, 3.63) is 24.3 Å². The van der Waals surface area contributed by atoms with Crippen LogP contribution in [0.5, 0.6) is 0 Å². The van der Waals surface area contributed by atoms with Gasteiger partial charge in [-0.25, -0.2) is 9.97 Å². The molecule has 0 spiro atoms. The molecule has 1 aliphatic rings. The highest BCUT2D eigenvalue weighted by Crippen LogP contribution is 2.24. The van der Waals surface area contributed by atoms with E-state index in [9.17, 15) is 4.79 Å². The van der Waals surface area contributed by atoms with Crippen LogP contribution in [0.3, 0.4) is 0 Å². The summed E-state index contributed by atoms with van der Waals surface area (Å²) in [6.45, 7) is 8.48. The summed E-state index contributed by atoms with van der Waals surface area (Å²) in [5, 5.41) is 0. The van der Waals surface area contributed by atoms with Gasteiger partial charge in [0, 0.05) is 25.2 Å². The first-order valence-electron chi connectivity index (χ1n) is 7.77. The minimum absolute atomic E-state index is 0.0105. The molecular formula is C16H26N4O. The molecule has 0 radical (unpaired) electrons. The Morgan fingerprint density at radius 2 is 2.00 bits per heavy atom. The Kier molecular flexibility index (Phi) is 5.28. The molecule has 1 aromatic rings. The number of hydrogen-bond donors (Lipinski definition) is 0. The van der Waals surface area contributed by atoms with Gasteiger partial charge in [-0.05, 0) is 52.8 Å². The molecule has 0 saturated carbocycles. The van der Waals surface area contributed by atoms with Gasteiger partial charge in [-0.1, -0.05) is 0 Å². The number of carbonyl (C=O) groups excluding carboxylic acids is 1. The Morgan fingerprint density at radius 1 is 1.33 bits per heavy atom. The number of rotatable bonds is 4. The average Bonchev–Trinajstić information content (AvgIpc) is 2.53. The molecule has 21 heavy (non-hydrogen) atoms. The van der Waals surface area contributed by atoms with Crippen molar-refractivity contribution in [3.8, 4) is 0 Å². The molecule has 116 valence electrons. The highest BCUT2D eigenvalue weighted by atomic mass is 16.2. The van der Waals surface area contributed by atoms with E-state index in [-0.39, 0.29) is 17.9 Å². The van der Waals surface area contributed by atoms with Gasteiger partial charge in [-0.2, -0.15) is 0 Å². The summed E-state index contributed by atoms with van der Waals surface area (Å²) in [4.78, 5) is 25.1. The minimum atomic E-state index is -0.0105. The molecule has 0 aliphatic carbocycles. The number of aromatic nitrogens is 2. The summed E-state index contributed by atoms with van der Waals surface area (Å²) in [5.41, 5.74) is 0.889. The van der Waals surface area contributed by atoms with E-state index in [0.717, 1.165) is 31.6 Å². The van der Waals surface area contributed by atoms with E-state index in [1.165, 1.54) is 6.33 Å². The number of hydrogen-bond acceptors (Lipinski definition) is 4. The zero-order valence-electron chi connectivity index (χ0n) is 13.5. The fourth-order valence-electron chi connectivity index (χ4n) is 2.89. The van der Waals surface area contributed by atoms with Crippen LogP contribution in [0.25, 0.3) is 0 Å². The third kappa shape index (κ3) is 3.79. The molecule has 1 saturated heterocycles. The van der Waals surface area contributed by atoms with Crippen molar-refractivity contribution in [2.24, 2.45) is 5.92 Å². The summed E-state index contributed by atoms with van der Waals surface area (Å²) in [5.74, 6) is 0.388. The maximum atomic E-state index is 12.7. The standard InChI is InChI=1S/C16H26N4O/c1-12(2)20-9-6-14(7-10-20)16(21)19(4)13(3)15-5-8-17-11-18-15/h5,8,11-14H,6-7,9-10H2,1-4H3. The smallest absolute Gasteiger partial charge is 0.226 e. The van der Waals surface area contributed by atoms with Crippen molar-refractivity contribution in [1.29, 1.82) is 0 Å². The minimum Gasteiger partial charge on any atom is -0.337 e. The number of likely N-dealkylation sites (tertiary alicyclic amines) is 1. The molecule has 1 fully saturated rings. The predicted octanol–water partition coefficient (Wildman–Crippen LogP) is 2.12. The Bertz CT molecular complexity index is 455. The molecule has 2 rings (SSSR count). The van der Waals surface area contributed by atoms with Gasteiger partial charge in [0.2, 0.25) is 5.91 Å². The topological polar surface area (TPSA) is 49.3 Å². The van der Waals surface area contributed by atoms with Crippen LogP contribution in [-0.2, 0) is 4.79 Å². The lowest BCUT2D eigenvalue weighted by molar-refractivity contribution is -0.138. The fraction of sp³-hybridized carbons (Fsp3) is 0.688. The SMILES string of the molecule is CC(C)N1CCC(C(=O)N(C)C(C)c2ccncn2)CC1. The maximum absolute atomic E-state index is 12.7. The first-order valence-corrected chi connectivity index (χ1v) is 7.77. The van der Waals surface area contributed by atoms with Crippen LogP contribution >= 0.6 is 0 Å². The molecule has 5 heteroatoms. The maximum Gasteiger partial charge on any atom is 0.226 e. The third-order valence-electron chi connectivity index (χ3n) is 4.57. The second kappa shape index (κ2) is 6.98. The molecule has 0 aromatic carbocycles. The average molecular weight is 290 g/mol. The van der Waals surface area contributed by atoms with Gasteiger partial charge in [0.05, 0.1) is 11.7 Å². The predicted molar refractivity (Wildman–Crippen MR) is 82.7 cm³/mol. The molecule has 1 aromatic heterocycles. The highest BCUT2D eigenvalue weighted by Gasteiger charge is 2.30. The monoisotopic (exact) mass is 290 g/mol. The highest BCUT2D eigenvalue weighted by molar-refractivity contribution is 5.79. The first-order chi connectivity index (χ1) is 10.0. The van der Waals surface area contributed by atoms with E-state index < -0.39 is 0 Å². The number of carbonyl (C=O) groups is 1. The van der Waals surface area contributed by atoms with Crippen LogP contribution in [0.2, 0.25) is 0 Å². The summed E-state index contributed by atoms with van der Waals surface area (Å²) in [6, 6.07) is 2.43. The summed E-state index contributed by atoms with van der Waals surface area (Å²) >= 11 is 0. The van der Waals surface area contributed by atoms with E-state index in [0.29, 0.717) is 6.04 Å². The van der Waals surface area contributed by atoms with Gasteiger partial charge in [-0.3, -0.25) is 4.79 Å². The Labute approximate surface area is 127 Å². The molecule has 1 aliphatic heterocycles. The van der Waals surface area contributed by atoms with Crippen LogP contribution in [0.15, 0.2) is 18.6 Å². The lowest BCUT2D eigenvalue weighted by atomic mass is 9.94. The summed E-state index contributed by atoms with van der Waals surface area (Å²) < 4.78 is 0.